The van der Waals surface area contributed by atoms with Gasteiger partial charge in [-0.15, -0.1) is 0 Å². The van der Waals surface area contributed by atoms with Crippen LogP contribution in [0.25, 0.3) is 0 Å². The van der Waals surface area contributed by atoms with Crippen molar-refractivity contribution in [3.63, 3.8) is 0 Å². The number of amides is 1. The molecule has 20 heavy (non-hydrogen) atoms. The summed E-state index contributed by atoms with van der Waals surface area (Å²) >= 11 is 3.49. The van der Waals surface area contributed by atoms with Crippen LogP contribution >= 0.6 is 15.9 Å². The zero-order valence-corrected chi connectivity index (χ0v) is 13.2. The van der Waals surface area contributed by atoms with Crippen LogP contribution in [0.1, 0.15) is 21.5 Å². The minimum atomic E-state index is -0.163. The summed E-state index contributed by atoms with van der Waals surface area (Å²) in [6.45, 7) is 3.99. The van der Waals surface area contributed by atoms with Gasteiger partial charge in [0.15, 0.2) is 0 Å². The Morgan fingerprint density at radius 2 is 2.05 bits per heavy atom. The third-order valence-corrected chi connectivity index (χ3v) is 3.63. The molecule has 0 spiro atoms. The second-order valence-electron chi connectivity index (χ2n) is 4.56. The van der Waals surface area contributed by atoms with Gasteiger partial charge in [-0.3, -0.25) is 9.78 Å². The summed E-state index contributed by atoms with van der Waals surface area (Å²) in [5.41, 5.74) is 4.22. The maximum Gasteiger partial charge on any atom is 0.257 e. The highest BCUT2D eigenvalue weighted by Gasteiger charge is 2.13. The fraction of sp³-hybridized carbons (Fsp3) is 0.200. The van der Waals surface area contributed by atoms with Crippen molar-refractivity contribution in [2.45, 2.75) is 13.8 Å². The number of carbonyl (C=O) groups excluding carboxylic acids is 1. The molecule has 2 rings (SSSR count). The summed E-state index contributed by atoms with van der Waals surface area (Å²) in [6.07, 6.45) is 3.23. The van der Waals surface area contributed by atoms with Crippen LogP contribution in [0.2, 0.25) is 0 Å². The normalized spacial score (nSPS) is 10.2. The van der Waals surface area contributed by atoms with Gasteiger partial charge in [0.05, 0.1) is 23.1 Å². The number of anilines is 2. The van der Waals surface area contributed by atoms with Crippen LogP contribution in [-0.2, 0) is 0 Å². The van der Waals surface area contributed by atoms with Crippen LogP contribution < -0.4 is 10.6 Å². The van der Waals surface area contributed by atoms with Gasteiger partial charge in [-0.25, -0.2) is 0 Å². The summed E-state index contributed by atoms with van der Waals surface area (Å²) in [6, 6.07) is 5.71. The molecule has 2 N–H and O–H groups in total. The lowest BCUT2D eigenvalue weighted by atomic mass is 10.1. The quantitative estimate of drug-likeness (QED) is 0.899. The molecule has 0 radical (unpaired) electrons. The first-order valence-corrected chi connectivity index (χ1v) is 7.02. The third kappa shape index (κ3) is 2.99. The number of nitrogens with one attached hydrogen (secondary N) is 2. The number of pyridine rings is 1. The second-order valence-corrected chi connectivity index (χ2v) is 5.42. The first kappa shape index (κ1) is 14.5. The molecule has 104 valence electrons. The first-order chi connectivity index (χ1) is 9.52. The van der Waals surface area contributed by atoms with Crippen LogP contribution in [0.4, 0.5) is 11.4 Å². The number of halogens is 1. The molecule has 1 aromatic carbocycles. The Balaban J connectivity index is 2.33. The van der Waals surface area contributed by atoms with Gasteiger partial charge in [-0.1, -0.05) is 6.07 Å². The minimum Gasteiger partial charge on any atom is -0.386 e. The standard InChI is InChI=1S/C15H16BrN3O/c1-9-6-10(2)14(12(16)7-9)19-15(20)11-4-5-18-8-13(11)17-3/h4-8,17H,1-3H3,(H,19,20). The Morgan fingerprint density at radius 1 is 1.30 bits per heavy atom. The lowest BCUT2D eigenvalue weighted by molar-refractivity contribution is 0.102. The summed E-state index contributed by atoms with van der Waals surface area (Å²) in [5.74, 6) is -0.163. The van der Waals surface area contributed by atoms with E-state index in [0.29, 0.717) is 11.3 Å². The molecule has 0 unspecified atom stereocenters. The molecule has 0 saturated carbocycles. The highest BCUT2D eigenvalue weighted by molar-refractivity contribution is 9.10. The molecule has 1 heterocycles. The molecule has 1 amide bonds. The van der Waals surface area contributed by atoms with E-state index in [0.717, 1.165) is 21.3 Å². The number of benzene rings is 1. The lowest BCUT2D eigenvalue weighted by Crippen LogP contribution is -2.15. The van der Waals surface area contributed by atoms with E-state index in [4.69, 9.17) is 0 Å². The fourth-order valence-electron chi connectivity index (χ4n) is 2.05. The minimum absolute atomic E-state index is 0.163. The average molecular weight is 334 g/mol. The average Bonchev–Trinajstić information content (AvgIpc) is 2.42. The van der Waals surface area contributed by atoms with Crippen LogP contribution in [0.5, 0.6) is 0 Å². The first-order valence-electron chi connectivity index (χ1n) is 6.22. The Hall–Kier alpha value is -1.88. The monoisotopic (exact) mass is 333 g/mol. The van der Waals surface area contributed by atoms with Gasteiger partial charge in [0.2, 0.25) is 0 Å². The number of nitrogens with zero attached hydrogens (tertiary/aromatic N) is 1. The zero-order chi connectivity index (χ0) is 14.7. The van der Waals surface area contributed by atoms with Crippen molar-refractivity contribution in [1.29, 1.82) is 0 Å². The zero-order valence-electron chi connectivity index (χ0n) is 11.6. The van der Waals surface area contributed by atoms with Crippen molar-refractivity contribution in [3.8, 4) is 0 Å². The van der Waals surface area contributed by atoms with E-state index in [1.165, 1.54) is 0 Å². The van der Waals surface area contributed by atoms with Gasteiger partial charge >= 0.3 is 0 Å². The van der Waals surface area contributed by atoms with E-state index in [9.17, 15) is 4.79 Å². The Bertz CT molecular complexity index is 632. The molecule has 0 aliphatic carbocycles. The number of hydrogen-bond donors (Lipinski definition) is 2. The molecular weight excluding hydrogens is 318 g/mol. The lowest BCUT2D eigenvalue weighted by Gasteiger charge is -2.13. The summed E-state index contributed by atoms with van der Waals surface area (Å²) in [4.78, 5) is 16.4. The van der Waals surface area contributed by atoms with E-state index in [2.05, 4.69) is 31.5 Å². The molecule has 5 heteroatoms. The molecule has 2 aromatic rings. The number of aromatic nitrogens is 1. The van der Waals surface area contributed by atoms with Crippen molar-refractivity contribution in [2.24, 2.45) is 0 Å². The summed E-state index contributed by atoms with van der Waals surface area (Å²) in [7, 11) is 1.76. The van der Waals surface area contributed by atoms with Crippen LogP contribution in [0.15, 0.2) is 35.1 Å². The largest absolute Gasteiger partial charge is 0.386 e. The van der Waals surface area contributed by atoms with Gasteiger partial charge in [0.25, 0.3) is 5.91 Å². The number of hydrogen-bond acceptors (Lipinski definition) is 3. The maximum atomic E-state index is 12.4. The van der Waals surface area contributed by atoms with Crippen molar-refractivity contribution >= 4 is 33.2 Å². The molecule has 0 atom stereocenters. The topological polar surface area (TPSA) is 54.0 Å². The number of rotatable bonds is 3. The smallest absolute Gasteiger partial charge is 0.257 e. The highest BCUT2D eigenvalue weighted by Crippen LogP contribution is 2.28. The molecule has 0 saturated heterocycles. The Labute approximate surface area is 126 Å². The van der Waals surface area contributed by atoms with Crippen molar-refractivity contribution < 1.29 is 4.79 Å². The van der Waals surface area contributed by atoms with Gasteiger partial charge in [-0.05, 0) is 53.0 Å². The van der Waals surface area contributed by atoms with E-state index >= 15 is 0 Å². The maximum absolute atomic E-state index is 12.4. The number of aryl methyl sites for hydroxylation is 2. The van der Waals surface area contributed by atoms with Gasteiger partial charge in [0, 0.05) is 17.7 Å². The molecule has 4 nitrogen and oxygen atoms in total. The van der Waals surface area contributed by atoms with E-state index < -0.39 is 0 Å². The van der Waals surface area contributed by atoms with Crippen LogP contribution in [0.3, 0.4) is 0 Å². The summed E-state index contributed by atoms with van der Waals surface area (Å²) in [5, 5.41) is 5.91. The SMILES string of the molecule is CNc1cnccc1C(=O)Nc1c(C)cc(C)cc1Br. The second kappa shape index (κ2) is 6.05. The van der Waals surface area contributed by atoms with Gasteiger partial charge in [0.1, 0.15) is 0 Å². The molecular formula is C15H16BrN3O. The third-order valence-electron chi connectivity index (χ3n) is 3.01. The van der Waals surface area contributed by atoms with E-state index in [-0.39, 0.29) is 5.91 Å². The van der Waals surface area contributed by atoms with Crippen molar-refractivity contribution in [3.05, 3.63) is 51.8 Å². The summed E-state index contributed by atoms with van der Waals surface area (Å²) < 4.78 is 0.878. The fourth-order valence-corrected chi connectivity index (χ4v) is 2.82. The Morgan fingerprint density at radius 3 is 2.70 bits per heavy atom. The van der Waals surface area contributed by atoms with Crippen molar-refractivity contribution in [2.75, 3.05) is 17.7 Å². The number of carbonyl (C=O) groups is 1. The van der Waals surface area contributed by atoms with Gasteiger partial charge in [-0.2, -0.15) is 0 Å². The van der Waals surface area contributed by atoms with E-state index in [1.807, 2.05) is 26.0 Å². The van der Waals surface area contributed by atoms with Crippen LogP contribution in [0, 0.1) is 13.8 Å². The molecule has 0 bridgehead atoms. The predicted octanol–water partition coefficient (Wildman–Crippen LogP) is 3.75. The predicted molar refractivity (Wildman–Crippen MR) is 85.4 cm³/mol. The molecule has 1 aromatic heterocycles. The van der Waals surface area contributed by atoms with E-state index in [1.54, 1.807) is 25.5 Å². The molecule has 0 aliphatic heterocycles. The van der Waals surface area contributed by atoms with Crippen LogP contribution in [-0.4, -0.2) is 17.9 Å². The molecule has 0 aliphatic rings. The van der Waals surface area contributed by atoms with Gasteiger partial charge < -0.3 is 10.6 Å². The highest BCUT2D eigenvalue weighted by atomic mass is 79.9. The molecule has 0 fully saturated rings. The Kier molecular flexibility index (Phi) is 4.39. The van der Waals surface area contributed by atoms with Crippen molar-refractivity contribution in [1.82, 2.24) is 4.98 Å².